The summed E-state index contributed by atoms with van der Waals surface area (Å²) in [4.78, 5) is 19.5. The molecule has 16 aromatic rings. The lowest BCUT2D eigenvalue weighted by atomic mass is 10.1. The van der Waals surface area contributed by atoms with Gasteiger partial charge in [-0.25, -0.2) is 0 Å². The topological polar surface area (TPSA) is 165 Å². The van der Waals surface area contributed by atoms with Gasteiger partial charge in [-0.15, -0.1) is 0 Å². The number of rotatable bonds is 48. The van der Waals surface area contributed by atoms with E-state index in [-0.39, 0.29) is 45.2 Å². The number of nitrogens with one attached hydrogen (secondary N) is 1. The van der Waals surface area contributed by atoms with Crippen molar-refractivity contribution in [2.24, 2.45) is 0 Å². The maximum atomic E-state index is 15.3. The van der Waals surface area contributed by atoms with Gasteiger partial charge in [0.25, 0.3) is 5.91 Å². The Balaban J connectivity index is 0.727. The first-order chi connectivity index (χ1) is 66.2. The van der Waals surface area contributed by atoms with E-state index >= 15 is 4.79 Å². The number of nitrogens with zero attached hydrogens (tertiary/aromatic N) is 2. The molecule has 0 saturated carbocycles. The molecule has 1 N–H and O–H groups in total. The minimum absolute atomic E-state index is 0.0232. The highest BCUT2D eigenvalue weighted by molar-refractivity contribution is 6.05. The van der Waals surface area contributed by atoms with Gasteiger partial charge in [-0.2, -0.15) is 0 Å². The number of hydrogen-bond acceptors (Lipinski definition) is 17. The molecule has 0 aliphatic carbocycles. The van der Waals surface area contributed by atoms with E-state index in [0.717, 1.165) is 77.9 Å². The number of hydrogen-bond donors (Lipinski definition) is 1. The predicted molar refractivity (Wildman–Crippen MR) is 526 cm³/mol. The zero-order valence-corrected chi connectivity index (χ0v) is 76.3. The number of benzene rings is 16. The average Bonchev–Trinajstić information content (AvgIpc) is 0.831. The van der Waals surface area contributed by atoms with Gasteiger partial charge in [0.2, 0.25) is 0 Å². The molecule has 1 amide bonds. The fraction of sp³-hybridized carbons (Fsp3) is 0.171. The maximum absolute atomic E-state index is 15.3. The number of carbonyl (C=O) groups is 1. The molecule has 0 atom stereocenters. The smallest absolute Gasteiger partial charge is 0.255 e. The SMILES string of the molecule is CN(C)Cc1cc(CN(C)C)cc(NC(=O)c2cc(OCc3cc(OCc4cc(OCc5ccccc5)cc(OCc5ccccc5)c4)cc(OCc4cc(OCc5ccccc5)cc(OCc5ccccc5)c4)c3)cc(OCc3cc(OCc4cc(OCc5ccccc5)cc(OCc5ccccc5)c4)cc(OCc4cc(OCc5ccccc5)cc(OCc5ccccc5)c4)c3)c2)c1. The lowest BCUT2D eigenvalue weighted by Crippen LogP contribution is -2.16. The number of anilines is 1. The molecule has 16 aromatic carbocycles. The Morgan fingerprint density at radius 2 is 0.326 bits per heavy atom. The van der Waals surface area contributed by atoms with E-state index in [1.54, 1.807) is 18.2 Å². The van der Waals surface area contributed by atoms with Crippen LogP contribution in [-0.4, -0.2) is 43.9 Å². The van der Waals surface area contributed by atoms with Gasteiger partial charge >= 0.3 is 0 Å². The first-order valence-electron chi connectivity index (χ1n) is 45.1. The van der Waals surface area contributed by atoms with Gasteiger partial charge in [-0.1, -0.05) is 249 Å². The summed E-state index contributed by atoms with van der Waals surface area (Å²) in [7, 11) is 8.10. The lowest BCUT2D eigenvalue weighted by molar-refractivity contribution is 0.102. The van der Waals surface area contributed by atoms with Crippen LogP contribution >= 0.6 is 0 Å². The monoisotopic (exact) mass is 1800 g/mol. The Morgan fingerprint density at radius 3 is 0.481 bits per heavy atom. The molecule has 0 unspecified atom stereocenters. The van der Waals surface area contributed by atoms with Crippen molar-refractivity contribution in [2.45, 2.75) is 106 Å². The van der Waals surface area contributed by atoms with Crippen molar-refractivity contribution in [3.63, 3.8) is 0 Å². The summed E-state index contributed by atoms with van der Waals surface area (Å²) in [6, 6.07) is 126. The Labute approximate surface area is 790 Å². The van der Waals surface area contributed by atoms with Crippen LogP contribution in [0.1, 0.15) is 99.4 Å². The predicted octanol–water partition coefficient (Wildman–Crippen LogP) is 25.2. The quantitative estimate of drug-likeness (QED) is 0.0382. The number of ether oxygens (including phenoxy) is 14. The van der Waals surface area contributed by atoms with Gasteiger partial charge in [0.05, 0.1) is 0 Å². The van der Waals surface area contributed by atoms with Crippen molar-refractivity contribution in [3.05, 3.63) is 483 Å². The van der Waals surface area contributed by atoms with Crippen LogP contribution < -0.4 is 71.6 Å². The first-order valence-corrected chi connectivity index (χ1v) is 45.1. The van der Waals surface area contributed by atoms with Crippen molar-refractivity contribution in [2.75, 3.05) is 33.5 Å². The maximum Gasteiger partial charge on any atom is 0.255 e. The van der Waals surface area contributed by atoms with E-state index in [0.29, 0.717) is 163 Å². The first kappa shape index (κ1) is 92.4. The summed E-state index contributed by atoms with van der Waals surface area (Å²) >= 11 is 0. The lowest BCUT2D eigenvalue weighted by Gasteiger charge is -2.18. The van der Waals surface area contributed by atoms with Gasteiger partial charge in [-0.05, 0) is 214 Å². The van der Waals surface area contributed by atoms with Crippen LogP contribution in [0.3, 0.4) is 0 Å². The minimum Gasteiger partial charge on any atom is -0.489 e. The number of amides is 1. The highest BCUT2D eigenvalue weighted by Gasteiger charge is 2.20. The fourth-order valence-electron chi connectivity index (χ4n) is 15.0. The molecule has 0 fully saturated rings. The Hall–Kier alpha value is -15.9. The Morgan fingerprint density at radius 1 is 0.178 bits per heavy atom. The summed E-state index contributed by atoms with van der Waals surface area (Å²) < 4.78 is 93.1. The zero-order chi connectivity index (χ0) is 92.4. The third-order valence-electron chi connectivity index (χ3n) is 21.5. The van der Waals surface area contributed by atoms with Crippen LogP contribution in [-0.2, 0) is 106 Å². The third kappa shape index (κ3) is 30.1. The highest BCUT2D eigenvalue weighted by atomic mass is 16.5. The molecular weight excluding hydrogens is 1690 g/mol. The summed E-state index contributed by atoms with van der Waals surface area (Å²) in [6.45, 7) is 4.45. The van der Waals surface area contributed by atoms with Crippen molar-refractivity contribution in [1.29, 1.82) is 0 Å². The Bertz CT molecular complexity index is 5510. The van der Waals surface area contributed by atoms with Crippen LogP contribution in [0.5, 0.6) is 80.5 Å². The largest absolute Gasteiger partial charge is 0.489 e. The molecule has 0 aromatic heterocycles. The number of carbonyl (C=O) groups excluding carboxylic acids is 1. The third-order valence-corrected chi connectivity index (χ3v) is 21.5. The molecule has 682 valence electrons. The van der Waals surface area contributed by atoms with E-state index in [2.05, 4.69) is 21.2 Å². The van der Waals surface area contributed by atoms with E-state index < -0.39 is 5.91 Å². The molecule has 0 bridgehead atoms. The van der Waals surface area contributed by atoms with Crippen molar-refractivity contribution in [3.8, 4) is 80.5 Å². The van der Waals surface area contributed by atoms with Crippen LogP contribution in [0.15, 0.2) is 388 Å². The van der Waals surface area contributed by atoms with Gasteiger partial charge in [0.15, 0.2) is 0 Å². The fourth-order valence-corrected chi connectivity index (χ4v) is 15.0. The molecule has 0 aliphatic rings. The minimum atomic E-state index is -0.391. The normalized spacial score (nSPS) is 11.0. The standard InChI is InChI=1S/C117H109N3O15/c1-119(2)69-93-45-94(70-120(3)4)47-102(46-93)118-117(121)101-60-115(134-83-99-56-111(130-79-95-48-103(122-71-85-29-13-5-14-30-85)62-104(49-95)123-72-86-31-15-6-16-32-86)66-112(57-99)131-80-96-50-105(124-73-87-33-17-7-18-34-87)63-106(51-96)125-74-88-35-19-8-20-36-88)68-116(61-101)135-84-100-58-113(132-81-97-52-107(126-75-89-37-21-9-22-38-89)64-108(53-97)127-76-90-39-23-10-24-40-90)67-114(59-100)133-82-98-54-109(128-77-91-41-25-11-26-42-91)65-110(55-98)129-78-92-43-27-12-28-44-92/h5-68H,69-84H2,1-4H3,(H,118,121). The van der Waals surface area contributed by atoms with Crippen molar-refractivity contribution < 1.29 is 71.1 Å². The molecule has 0 heterocycles. The molecule has 18 heteroatoms. The summed E-state index contributed by atoms with van der Waals surface area (Å²) in [5.41, 5.74) is 15.7. The molecule has 18 nitrogen and oxygen atoms in total. The van der Waals surface area contributed by atoms with Crippen LogP contribution in [0.4, 0.5) is 5.69 Å². The molecule has 0 aliphatic heterocycles. The van der Waals surface area contributed by atoms with Crippen LogP contribution in [0.25, 0.3) is 0 Å². The summed E-state index contributed by atoms with van der Waals surface area (Å²) in [5.74, 6) is 7.10. The van der Waals surface area contributed by atoms with Gasteiger partial charge < -0.3 is 81.4 Å². The second-order valence-electron chi connectivity index (χ2n) is 33.5. The molecule has 0 spiro atoms. The highest BCUT2D eigenvalue weighted by Crippen LogP contribution is 2.37. The van der Waals surface area contributed by atoms with Crippen molar-refractivity contribution >= 4 is 11.6 Å². The zero-order valence-electron chi connectivity index (χ0n) is 76.3. The molecule has 0 saturated heterocycles. The molecule has 0 radical (unpaired) electrons. The van der Waals surface area contributed by atoms with Crippen molar-refractivity contribution in [1.82, 2.24) is 9.80 Å². The Kier molecular flexibility index (Phi) is 32.7. The van der Waals surface area contributed by atoms with E-state index in [1.807, 2.05) is 392 Å². The molecule has 16 rings (SSSR count). The van der Waals surface area contributed by atoms with Gasteiger partial charge in [-0.3, -0.25) is 4.79 Å². The summed E-state index contributed by atoms with van der Waals surface area (Å²) in [5, 5.41) is 3.25. The van der Waals surface area contributed by atoms with Crippen LogP contribution in [0, 0.1) is 0 Å². The second kappa shape index (κ2) is 47.8. The van der Waals surface area contributed by atoms with Gasteiger partial charge in [0, 0.05) is 66.8 Å². The van der Waals surface area contributed by atoms with E-state index in [4.69, 9.17) is 66.3 Å². The van der Waals surface area contributed by atoms with E-state index in [9.17, 15) is 0 Å². The summed E-state index contributed by atoms with van der Waals surface area (Å²) in [6.07, 6.45) is 0. The molecular formula is C117H109N3O15. The second-order valence-corrected chi connectivity index (χ2v) is 33.5. The molecule has 135 heavy (non-hydrogen) atoms. The average molecular weight is 1800 g/mol. The van der Waals surface area contributed by atoms with E-state index in [1.165, 1.54) is 0 Å². The van der Waals surface area contributed by atoms with Crippen LogP contribution in [0.2, 0.25) is 0 Å². The van der Waals surface area contributed by atoms with Gasteiger partial charge in [0.1, 0.15) is 173 Å².